The third-order valence-corrected chi connectivity index (χ3v) is 5.85. The quantitative estimate of drug-likeness (QED) is 0.709. The van der Waals surface area contributed by atoms with Crippen LogP contribution in [0.15, 0.2) is 18.3 Å². The number of aromatic nitrogens is 4. The molecule has 0 aromatic carbocycles. The van der Waals surface area contributed by atoms with Crippen molar-refractivity contribution in [3.8, 4) is 11.7 Å². The smallest absolute Gasteiger partial charge is 0.257 e. The van der Waals surface area contributed by atoms with Crippen LogP contribution in [-0.2, 0) is 11.2 Å². The van der Waals surface area contributed by atoms with Crippen LogP contribution in [0.25, 0.3) is 5.82 Å². The molecule has 4 rings (SSSR count). The van der Waals surface area contributed by atoms with Crippen LogP contribution >= 0.6 is 0 Å². The molecule has 0 saturated carbocycles. The van der Waals surface area contributed by atoms with Crippen molar-refractivity contribution in [2.45, 2.75) is 38.7 Å². The second-order valence-electron chi connectivity index (χ2n) is 7.79. The molecule has 2 aromatic rings. The zero-order valence-corrected chi connectivity index (χ0v) is 17.8. The van der Waals surface area contributed by atoms with Gasteiger partial charge in [0, 0.05) is 38.9 Å². The Labute approximate surface area is 177 Å². The summed E-state index contributed by atoms with van der Waals surface area (Å²) in [5.74, 6) is 1.06. The van der Waals surface area contributed by atoms with E-state index in [0.29, 0.717) is 29.8 Å². The number of hydrogen-bond acceptors (Lipinski definition) is 7. The molecular weight excluding hydrogens is 384 g/mol. The Morgan fingerprint density at radius 2 is 2.10 bits per heavy atom. The van der Waals surface area contributed by atoms with E-state index in [9.17, 15) is 4.79 Å². The summed E-state index contributed by atoms with van der Waals surface area (Å²) in [6.45, 7) is 7.24. The van der Waals surface area contributed by atoms with E-state index < -0.39 is 0 Å². The van der Waals surface area contributed by atoms with Crippen LogP contribution in [0.5, 0.6) is 5.88 Å². The summed E-state index contributed by atoms with van der Waals surface area (Å²) in [4.78, 5) is 17.7. The van der Waals surface area contributed by atoms with Gasteiger partial charge >= 0.3 is 0 Å². The highest BCUT2D eigenvalue weighted by Crippen LogP contribution is 2.19. The first-order valence-electron chi connectivity index (χ1n) is 10.8. The molecule has 0 radical (unpaired) electrons. The zero-order chi connectivity index (χ0) is 20.9. The monoisotopic (exact) mass is 414 g/mol. The summed E-state index contributed by atoms with van der Waals surface area (Å²) in [7, 11) is 1.55. The second-order valence-corrected chi connectivity index (χ2v) is 7.79. The van der Waals surface area contributed by atoms with Crippen molar-refractivity contribution in [2.24, 2.45) is 0 Å². The van der Waals surface area contributed by atoms with E-state index in [0.717, 1.165) is 64.3 Å². The molecule has 30 heavy (non-hydrogen) atoms. The number of carbonyl (C=O) groups excluding carboxylic acids is 1. The Morgan fingerprint density at radius 1 is 1.20 bits per heavy atom. The molecule has 0 N–H and O–H groups in total. The number of nitrogens with zero attached hydrogens (tertiary/aromatic N) is 6. The molecule has 9 heteroatoms. The van der Waals surface area contributed by atoms with Crippen molar-refractivity contribution in [1.82, 2.24) is 29.8 Å². The fraction of sp³-hybridized carbons (Fsp3) is 0.619. The molecular formula is C21H30N6O3. The first-order chi connectivity index (χ1) is 14.7. The highest BCUT2D eigenvalue weighted by Gasteiger charge is 2.26. The number of ether oxygens (including phenoxy) is 2. The molecule has 162 valence electrons. The van der Waals surface area contributed by atoms with Crippen molar-refractivity contribution in [3.63, 3.8) is 0 Å². The molecule has 2 saturated heterocycles. The normalized spacial score (nSPS) is 20.3. The van der Waals surface area contributed by atoms with Gasteiger partial charge in [-0.15, -0.1) is 10.2 Å². The summed E-state index contributed by atoms with van der Waals surface area (Å²) in [6, 6.07) is 3.53. The summed E-state index contributed by atoms with van der Waals surface area (Å²) < 4.78 is 12.5. The first kappa shape index (κ1) is 20.7. The van der Waals surface area contributed by atoms with Gasteiger partial charge in [-0.05, 0) is 38.3 Å². The van der Waals surface area contributed by atoms with E-state index in [1.54, 1.807) is 30.1 Å². The van der Waals surface area contributed by atoms with Gasteiger partial charge in [-0.1, -0.05) is 6.92 Å². The lowest BCUT2D eigenvalue weighted by Gasteiger charge is -2.24. The predicted octanol–water partition coefficient (Wildman–Crippen LogP) is 1.56. The van der Waals surface area contributed by atoms with Gasteiger partial charge in [0.05, 0.1) is 30.7 Å². The minimum atomic E-state index is 0.0403. The fourth-order valence-corrected chi connectivity index (χ4v) is 4.23. The molecule has 2 fully saturated rings. The van der Waals surface area contributed by atoms with E-state index in [-0.39, 0.29) is 5.91 Å². The topological polar surface area (TPSA) is 85.6 Å². The van der Waals surface area contributed by atoms with E-state index in [1.807, 2.05) is 11.8 Å². The van der Waals surface area contributed by atoms with Gasteiger partial charge in [-0.3, -0.25) is 9.69 Å². The lowest BCUT2D eigenvalue weighted by Crippen LogP contribution is -2.37. The molecule has 1 atom stereocenters. The van der Waals surface area contributed by atoms with E-state index in [4.69, 9.17) is 9.47 Å². The van der Waals surface area contributed by atoms with Gasteiger partial charge < -0.3 is 14.4 Å². The molecule has 4 heterocycles. The van der Waals surface area contributed by atoms with Crippen molar-refractivity contribution >= 4 is 5.91 Å². The number of amides is 1. The lowest BCUT2D eigenvalue weighted by molar-refractivity contribution is 0.0703. The van der Waals surface area contributed by atoms with Crippen LogP contribution in [0, 0.1) is 0 Å². The van der Waals surface area contributed by atoms with Gasteiger partial charge in [0.2, 0.25) is 5.88 Å². The number of hydrogen-bond donors (Lipinski definition) is 0. The molecule has 1 amide bonds. The van der Waals surface area contributed by atoms with Crippen molar-refractivity contribution in [3.05, 3.63) is 29.6 Å². The minimum absolute atomic E-state index is 0.0403. The zero-order valence-electron chi connectivity index (χ0n) is 17.8. The van der Waals surface area contributed by atoms with Crippen LogP contribution < -0.4 is 4.74 Å². The Kier molecular flexibility index (Phi) is 6.59. The van der Waals surface area contributed by atoms with Crippen LogP contribution in [-0.4, -0.2) is 88.2 Å². The van der Waals surface area contributed by atoms with E-state index in [1.165, 1.54) is 0 Å². The third kappa shape index (κ3) is 4.46. The Bertz CT molecular complexity index is 847. The molecule has 2 aliphatic heterocycles. The van der Waals surface area contributed by atoms with E-state index in [2.05, 4.69) is 20.2 Å². The number of carbonyl (C=O) groups is 1. The van der Waals surface area contributed by atoms with Crippen LogP contribution in [0.3, 0.4) is 0 Å². The SMILES string of the molecule is CCc1c(C(=O)N2CCCN(C[C@@H]3CCCO3)CC2)cnn1-c1ccc(OC)nn1. The van der Waals surface area contributed by atoms with Crippen molar-refractivity contribution in [2.75, 3.05) is 46.4 Å². The molecule has 0 aliphatic carbocycles. The van der Waals surface area contributed by atoms with Gasteiger partial charge in [0.1, 0.15) is 0 Å². The van der Waals surface area contributed by atoms with Crippen LogP contribution in [0.4, 0.5) is 0 Å². The average molecular weight is 415 g/mol. The molecule has 2 aromatic heterocycles. The Balaban J connectivity index is 1.45. The minimum Gasteiger partial charge on any atom is -0.480 e. The maximum atomic E-state index is 13.3. The summed E-state index contributed by atoms with van der Waals surface area (Å²) in [6.07, 6.45) is 5.95. The second kappa shape index (κ2) is 9.53. The van der Waals surface area contributed by atoms with Crippen molar-refractivity contribution < 1.29 is 14.3 Å². The summed E-state index contributed by atoms with van der Waals surface area (Å²) >= 11 is 0. The predicted molar refractivity (Wildman–Crippen MR) is 111 cm³/mol. The highest BCUT2D eigenvalue weighted by molar-refractivity contribution is 5.95. The number of rotatable bonds is 6. The number of methoxy groups -OCH3 is 1. The maximum absolute atomic E-state index is 13.3. The van der Waals surface area contributed by atoms with E-state index >= 15 is 0 Å². The first-order valence-corrected chi connectivity index (χ1v) is 10.8. The maximum Gasteiger partial charge on any atom is 0.257 e. The molecule has 0 spiro atoms. The Morgan fingerprint density at radius 3 is 2.80 bits per heavy atom. The van der Waals surface area contributed by atoms with Crippen LogP contribution in [0.1, 0.15) is 42.2 Å². The standard InChI is InChI=1S/C21H30N6O3/c1-3-18-17(14-22-27(18)19-7-8-20(29-2)24-23-19)21(28)26-10-5-9-25(11-12-26)15-16-6-4-13-30-16/h7-8,14,16H,3-6,9-13,15H2,1-2H3/t16-/m0/s1. The van der Waals surface area contributed by atoms with Gasteiger partial charge in [0.15, 0.2) is 5.82 Å². The highest BCUT2D eigenvalue weighted by atomic mass is 16.5. The largest absolute Gasteiger partial charge is 0.480 e. The summed E-state index contributed by atoms with van der Waals surface area (Å²) in [5, 5.41) is 12.6. The average Bonchev–Trinajstić information content (AvgIpc) is 3.39. The molecule has 2 aliphatic rings. The lowest BCUT2D eigenvalue weighted by atomic mass is 10.1. The molecule has 0 bridgehead atoms. The van der Waals surface area contributed by atoms with Crippen molar-refractivity contribution in [1.29, 1.82) is 0 Å². The van der Waals surface area contributed by atoms with Crippen LogP contribution in [0.2, 0.25) is 0 Å². The summed E-state index contributed by atoms with van der Waals surface area (Å²) in [5.41, 5.74) is 1.49. The van der Waals surface area contributed by atoms with Gasteiger partial charge in [-0.25, -0.2) is 4.68 Å². The molecule has 0 unspecified atom stereocenters. The fourth-order valence-electron chi connectivity index (χ4n) is 4.23. The van der Waals surface area contributed by atoms with Gasteiger partial charge in [-0.2, -0.15) is 5.10 Å². The molecule has 9 nitrogen and oxygen atoms in total. The Hall–Kier alpha value is -2.52. The third-order valence-electron chi connectivity index (χ3n) is 5.85. The van der Waals surface area contributed by atoms with Gasteiger partial charge in [0.25, 0.3) is 5.91 Å².